The lowest BCUT2D eigenvalue weighted by atomic mass is 10.0. The van der Waals surface area contributed by atoms with E-state index in [1.165, 1.54) is 12.1 Å². The fraction of sp³-hybridized carbons (Fsp3) is 0.333. The quantitative estimate of drug-likeness (QED) is 0.849. The first-order chi connectivity index (χ1) is 9.52. The molecule has 0 aliphatic heterocycles. The Bertz CT molecular complexity index is 574. The van der Waals surface area contributed by atoms with Gasteiger partial charge in [0.25, 0.3) is 0 Å². The van der Waals surface area contributed by atoms with Gasteiger partial charge in [0.05, 0.1) is 6.04 Å². The Morgan fingerprint density at radius 2 is 1.90 bits per heavy atom. The van der Waals surface area contributed by atoms with Crippen LogP contribution in [0.1, 0.15) is 36.5 Å². The number of furan rings is 1. The second-order valence-corrected chi connectivity index (χ2v) is 5.53. The molecule has 1 N–H and O–H groups in total. The molecule has 0 spiro atoms. The molecule has 0 amide bonds. The zero-order valence-corrected chi connectivity index (χ0v) is 12.9. The average Bonchev–Trinajstić information content (AvgIpc) is 2.78. The molecule has 1 aromatic heterocycles. The molecule has 1 atom stereocenters. The Hall–Kier alpha value is -1.20. The van der Waals surface area contributed by atoms with Gasteiger partial charge in [-0.1, -0.05) is 22.9 Å². The number of aryl methyl sites for hydroxylation is 1. The third kappa shape index (κ3) is 3.27. The molecule has 2 rings (SSSR count). The van der Waals surface area contributed by atoms with E-state index >= 15 is 0 Å². The maximum atomic E-state index is 14.1. The lowest BCUT2D eigenvalue weighted by Crippen LogP contribution is -2.24. The van der Waals surface area contributed by atoms with Gasteiger partial charge in [-0.25, -0.2) is 8.78 Å². The van der Waals surface area contributed by atoms with Crippen molar-refractivity contribution in [3.05, 3.63) is 57.5 Å². The first kappa shape index (κ1) is 15.2. The second kappa shape index (κ2) is 6.50. The van der Waals surface area contributed by atoms with E-state index in [1.807, 2.05) is 6.92 Å². The van der Waals surface area contributed by atoms with Gasteiger partial charge in [-0.05, 0) is 44.2 Å². The summed E-state index contributed by atoms with van der Waals surface area (Å²) in [6, 6.07) is 5.41. The molecule has 0 bridgehead atoms. The molecule has 1 aromatic carbocycles. The van der Waals surface area contributed by atoms with E-state index in [0.717, 1.165) is 6.42 Å². The molecule has 0 saturated carbocycles. The average molecular weight is 344 g/mol. The van der Waals surface area contributed by atoms with E-state index in [0.29, 0.717) is 22.5 Å². The van der Waals surface area contributed by atoms with Crippen LogP contribution in [-0.2, 0) is 0 Å². The normalized spacial score (nSPS) is 12.7. The summed E-state index contributed by atoms with van der Waals surface area (Å²) in [5.74, 6) is 0.0244. The van der Waals surface area contributed by atoms with Gasteiger partial charge < -0.3 is 9.73 Å². The molecule has 0 aliphatic rings. The Labute approximate surface area is 125 Å². The van der Waals surface area contributed by atoms with Gasteiger partial charge in [0.1, 0.15) is 23.2 Å². The molecule has 0 saturated heterocycles. The molecule has 0 fully saturated rings. The van der Waals surface area contributed by atoms with Crippen molar-refractivity contribution in [3.63, 3.8) is 0 Å². The highest BCUT2D eigenvalue weighted by Gasteiger charge is 2.24. The molecule has 2 nitrogen and oxygen atoms in total. The lowest BCUT2D eigenvalue weighted by Gasteiger charge is -2.18. The van der Waals surface area contributed by atoms with Gasteiger partial charge in [0.15, 0.2) is 0 Å². The third-order valence-electron chi connectivity index (χ3n) is 2.98. The maximum Gasteiger partial charge on any atom is 0.132 e. The monoisotopic (exact) mass is 343 g/mol. The molecule has 1 unspecified atom stereocenters. The van der Waals surface area contributed by atoms with Crippen molar-refractivity contribution >= 4 is 15.9 Å². The van der Waals surface area contributed by atoms with Crippen LogP contribution in [0, 0.1) is 18.6 Å². The second-order valence-electron chi connectivity index (χ2n) is 4.62. The van der Waals surface area contributed by atoms with Crippen LogP contribution in [-0.4, -0.2) is 6.54 Å². The first-order valence-electron chi connectivity index (χ1n) is 6.47. The molecular formula is C15H16BrF2NO. The van der Waals surface area contributed by atoms with E-state index in [2.05, 4.69) is 21.2 Å². The van der Waals surface area contributed by atoms with E-state index in [9.17, 15) is 8.78 Å². The number of halogens is 3. The molecular weight excluding hydrogens is 328 g/mol. The highest BCUT2D eigenvalue weighted by molar-refractivity contribution is 9.10. The smallest absolute Gasteiger partial charge is 0.132 e. The zero-order valence-electron chi connectivity index (χ0n) is 11.3. The highest BCUT2D eigenvalue weighted by atomic mass is 79.9. The van der Waals surface area contributed by atoms with E-state index in [1.54, 1.807) is 19.1 Å². The fourth-order valence-electron chi connectivity index (χ4n) is 2.07. The summed E-state index contributed by atoms with van der Waals surface area (Å²) in [6.45, 7) is 4.43. The first-order valence-corrected chi connectivity index (χ1v) is 7.26. The minimum atomic E-state index is -0.628. The summed E-state index contributed by atoms with van der Waals surface area (Å²) >= 11 is 3.09. The Balaban J connectivity index is 2.46. The summed E-state index contributed by atoms with van der Waals surface area (Å²) in [5.41, 5.74) is -0.0176. The van der Waals surface area contributed by atoms with Crippen LogP contribution in [0.25, 0.3) is 0 Å². The van der Waals surface area contributed by atoms with Crippen LogP contribution in [0.4, 0.5) is 8.78 Å². The van der Waals surface area contributed by atoms with Gasteiger partial charge in [-0.3, -0.25) is 0 Å². The van der Waals surface area contributed by atoms with Crippen LogP contribution in [0.5, 0.6) is 0 Å². The van der Waals surface area contributed by atoms with Crippen molar-refractivity contribution in [1.29, 1.82) is 0 Å². The summed E-state index contributed by atoms with van der Waals surface area (Å²) in [5, 5.41) is 3.13. The molecule has 108 valence electrons. The number of nitrogens with one attached hydrogen (secondary N) is 1. The fourth-order valence-corrected chi connectivity index (χ4v) is 2.47. The number of rotatable bonds is 5. The van der Waals surface area contributed by atoms with Gasteiger partial charge in [-0.2, -0.15) is 0 Å². The van der Waals surface area contributed by atoms with Crippen molar-refractivity contribution in [2.24, 2.45) is 0 Å². The van der Waals surface area contributed by atoms with Crippen molar-refractivity contribution in [2.75, 3.05) is 6.54 Å². The molecule has 5 heteroatoms. The van der Waals surface area contributed by atoms with Crippen molar-refractivity contribution < 1.29 is 13.2 Å². The van der Waals surface area contributed by atoms with Gasteiger partial charge in [-0.15, -0.1) is 0 Å². The van der Waals surface area contributed by atoms with Crippen LogP contribution < -0.4 is 5.32 Å². The highest BCUT2D eigenvalue weighted by Crippen LogP contribution is 2.30. The lowest BCUT2D eigenvalue weighted by molar-refractivity contribution is 0.410. The van der Waals surface area contributed by atoms with Crippen molar-refractivity contribution in [3.8, 4) is 0 Å². The molecule has 1 heterocycles. The minimum Gasteiger partial charge on any atom is -0.464 e. The molecule has 20 heavy (non-hydrogen) atoms. The topological polar surface area (TPSA) is 25.2 Å². The van der Waals surface area contributed by atoms with Crippen LogP contribution in [0.2, 0.25) is 0 Å². The third-order valence-corrected chi connectivity index (χ3v) is 3.43. The molecule has 0 aliphatic carbocycles. The number of hydrogen-bond donors (Lipinski definition) is 1. The van der Waals surface area contributed by atoms with Gasteiger partial charge >= 0.3 is 0 Å². The van der Waals surface area contributed by atoms with Crippen LogP contribution in [0.3, 0.4) is 0 Å². The number of hydrogen-bond acceptors (Lipinski definition) is 2. The van der Waals surface area contributed by atoms with Crippen molar-refractivity contribution in [2.45, 2.75) is 26.3 Å². The van der Waals surface area contributed by atoms with E-state index < -0.39 is 17.7 Å². The largest absolute Gasteiger partial charge is 0.464 e. The summed E-state index contributed by atoms with van der Waals surface area (Å²) < 4.78 is 34.2. The maximum absolute atomic E-state index is 14.1. The molecule has 2 aromatic rings. The van der Waals surface area contributed by atoms with E-state index in [-0.39, 0.29) is 5.56 Å². The summed E-state index contributed by atoms with van der Waals surface area (Å²) in [6.07, 6.45) is 0.857. The standard InChI is InChI=1S/C15H16BrF2NO/c1-3-6-19-15(13-5-4-9(2)20-13)14-11(17)7-10(16)8-12(14)18/h4-5,7-8,15,19H,3,6H2,1-2H3. The minimum absolute atomic E-state index is 0.0176. The summed E-state index contributed by atoms with van der Waals surface area (Å²) in [7, 11) is 0. The predicted octanol–water partition coefficient (Wildman–Crippen LogP) is 4.72. The number of benzene rings is 1. The SMILES string of the molecule is CCCNC(c1ccc(C)o1)c1c(F)cc(Br)cc1F. The zero-order chi connectivity index (χ0) is 14.7. The van der Waals surface area contributed by atoms with Gasteiger partial charge in [0.2, 0.25) is 0 Å². The Kier molecular flexibility index (Phi) is 4.94. The van der Waals surface area contributed by atoms with Crippen molar-refractivity contribution in [1.82, 2.24) is 5.32 Å². The predicted molar refractivity (Wildman–Crippen MR) is 77.6 cm³/mol. The van der Waals surface area contributed by atoms with Gasteiger partial charge in [0, 0.05) is 10.0 Å². The Morgan fingerprint density at radius 1 is 1.25 bits per heavy atom. The Morgan fingerprint density at radius 3 is 2.40 bits per heavy atom. The molecule has 0 radical (unpaired) electrons. The van der Waals surface area contributed by atoms with E-state index in [4.69, 9.17) is 4.42 Å². The van der Waals surface area contributed by atoms with Crippen LogP contribution in [0.15, 0.2) is 33.2 Å². The summed E-state index contributed by atoms with van der Waals surface area (Å²) in [4.78, 5) is 0. The van der Waals surface area contributed by atoms with Crippen LogP contribution >= 0.6 is 15.9 Å².